The summed E-state index contributed by atoms with van der Waals surface area (Å²) >= 11 is 0. The number of aldehydes is 1. The molecular formula is C20H24O5S2. The van der Waals surface area contributed by atoms with Crippen LogP contribution in [0.5, 0.6) is 0 Å². The summed E-state index contributed by atoms with van der Waals surface area (Å²) < 4.78 is 51.2. The second-order valence-electron chi connectivity index (χ2n) is 7.49. The van der Waals surface area contributed by atoms with Gasteiger partial charge in [-0.3, -0.25) is 0 Å². The van der Waals surface area contributed by atoms with E-state index in [4.69, 9.17) is 0 Å². The first kappa shape index (κ1) is 21.3. The Bertz CT molecular complexity index is 904. The lowest BCUT2D eigenvalue weighted by Crippen LogP contribution is -2.36. The van der Waals surface area contributed by atoms with Crippen molar-refractivity contribution in [2.24, 2.45) is 11.3 Å². The Morgan fingerprint density at radius 3 is 1.44 bits per heavy atom. The molecule has 0 aromatic heterocycles. The van der Waals surface area contributed by atoms with Gasteiger partial charge in [-0.05, 0) is 36.1 Å². The van der Waals surface area contributed by atoms with E-state index in [9.17, 15) is 21.6 Å². The summed E-state index contributed by atoms with van der Waals surface area (Å²) in [5.74, 6) is -0.737. The van der Waals surface area contributed by atoms with Crippen molar-refractivity contribution in [1.82, 2.24) is 0 Å². The SMILES string of the molecule is CC(C)(C)[C@@H](C=O)CC(S(=O)(=O)c1ccccc1)S(=O)(=O)c1ccccc1. The van der Waals surface area contributed by atoms with Gasteiger partial charge < -0.3 is 4.79 Å². The maximum Gasteiger partial charge on any atom is 0.195 e. The van der Waals surface area contributed by atoms with Crippen molar-refractivity contribution in [3.8, 4) is 0 Å². The van der Waals surface area contributed by atoms with Crippen LogP contribution in [-0.2, 0) is 24.5 Å². The van der Waals surface area contributed by atoms with Gasteiger partial charge in [0, 0.05) is 5.92 Å². The summed E-state index contributed by atoms with van der Waals surface area (Å²) in [7, 11) is -8.44. The molecule has 0 saturated heterocycles. The Labute approximate surface area is 161 Å². The Hall–Kier alpha value is -1.99. The second kappa shape index (κ2) is 7.94. The fourth-order valence-corrected chi connectivity index (χ4v) is 7.37. The minimum Gasteiger partial charge on any atom is -0.303 e. The maximum absolute atomic E-state index is 13.2. The van der Waals surface area contributed by atoms with E-state index in [-0.39, 0.29) is 16.2 Å². The van der Waals surface area contributed by atoms with E-state index in [0.29, 0.717) is 6.29 Å². The van der Waals surface area contributed by atoms with Gasteiger partial charge in [0.1, 0.15) is 6.29 Å². The number of sulfone groups is 2. The Morgan fingerprint density at radius 1 is 0.778 bits per heavy atom. The molecule has 0 N–H and O–H groups in total. The average molecular weight is 409 g/mol. The van der Waals surface area contributed by atoms with Gasteiger partial charge in [-0.1, -0.05) is 57.2 Å². The Balaban J connectivity index is 2.64. The smallest absolute Gasteiger partial charge is 0.195 e. The maximum atomic E-state index is 13.2. The summed E-state index contributed by atoms with van der Waals surface area (Å²) in [4.78, 5) is 11.5. The molecule has 0 aliphatic heterocycles. The molecule has 0 bridgehead atoms. The molecule has 2 aromatic carbocycles. The number of carbonyl (C=O) groups excluding carboxylic acids is 1. The number of rotatable bonds is 7. The van der Waals surface area contributed by atoms with Crippen LogP contribution in [0.25, 0.3) is 0 Å². The van der Waals surface area contributed by atoms with Crippen LogP contribution in [0.1, 0.15) is 27.2 Å². The molecule has 0 heterocycles. The third-order valence-electron chi connectivity index (χ3n) is 4.56. The zero-order valence-corrected chi connectivity index (χ0v) is 17.2. The first-order valence-electron chi connectivity index (χ1n) is 8.54. The zero-order chi connectivity index (χ0) is 20.3. The van der Waals surface area contributed by atoms with Crippen LogP contribution in [0, 0.1) is 11.3 Å². The highest BCUT2D eigenvalue weighted by Gasteiger charge is 2.43. The average Bonchev–Trinajstić information content (AvgIpc) is 2.62. The van der Waals surface area contributed by atoms with Crippen LogP contribution in [0.4, 0.5) is 0 Å². The molecule has 2 aromatic rings. The van der Waals surface area contributed by atoms with E-state index in [0.717, 1.165) is 0 Å². The molecule has 146 valence electrons. The lowest BCUT2D eigenvalue weighted by atomic mass is 9.80. The monoisotopic (exact) mass is 408 g/mol. The summed E-state index contributed by atoms with van der Waals surface area (Å²) in [5.41, 5.74) is -0.571. The molecule has 0 amide bonds. The summed E-state index contributed by atoms with van der Waals surface area (Å²) in [5, 5.41) is 0. The molecule has 27 heavy (non-hydrogen) atoms. The largest absolute Gasteiger partial charge is 0.303 e. The van der Waals surface area contributed by atoms with E-state index in [1.165, 1.54) is 24.3 Å². The van der Waals surface area contributed by atoms with Gasteiger partial charge in [0.2, 0.25) is 0 Å². The number of benzene rings is 2. The number of carbonyl (C=O) groups is 1. The van der Waals surface area contributed by atoms with Crippen molar-refractivity contribution < 1.29 is 21.6 Å². The molecule has 2 rings (SSSR count). The van der Waals surface area contributed by atoms with Crippen LogP contribution >= 0.6 is 0 Å². The first-order chi connectivity index (χ1) is 12.5. The highest BCUT2D eigenvalue weighted by atomic mass is 32.3. The van der Waals surface area contributed by atoms with Crippen molar-refractivity contribution in [3.05, 3.63) is 60.7 Å². The predicted octanol–water partition coefficient (Wildman–Crippen LogP) is 3.51. The van der Waals surface area contributed by atoms with E-state index in [1.807, 2.05) is 0 Å². The lowest BCUT2D eigenvalue weighted by molar-refractivity contribution is -0.113. The first-order valence-corrected chi connectivity index (χ1v) is 11.6. The van der Waals surface area contributed by atoms with Gasteiger partial charge in [0.25, 0.3) is 0 Å². The molecule has 7 heteroatoms. The minimum absolute atomic E-state index is 0.0759. The van der Waals surface area contributed by atoms with Crippen molar-refractivity contribution in [2.45, 2.75) is 41.6 Å². The van der Waals surface area contributed by atoms with Gasteiger partial charge in [-0.2, -0.15) is 0 Å². The second-order valence-corrected chi connectivity index (χ2v) is 12.0. The number of hydrogen-bond acceptors (Lipinski definition) is 5. The molecule has 0 fully saturated rings. The van der Waals surface area contributed by atoms with Gasteiger partial charge in [-0.25, -0.2) is 16.8 Å². The van der Waals surface area contributed by atoms with E-state index < -0.39 is 35.6 Å². The molecule has 0 radical (unpaired) electrons. The minimum atomic E-state index is -4.22. The third-order valence-corrected chi connectivity index (χ3v) is 9.71. The van der Waals surface area contributed by atoms with Crippen LogP contribution in [0.2, 0.25) is 0 Å². The van der Waals surface area contributed by atoms with Gasteiger partial charge >= 0.3 is 0 Å². The van der Waals surface area contributed by atoms with Gasteiger partial charge in [-0.15, -0.1) is 0 Å². The van der Waals surface area contributed by atoms with Crippen molar-refractivity contribution in [2.75, 3.05) is 0 Å². The van der Waals surface area contributed by atoms with Crippen molar-refractivity contribution >= 4 is 26.0 Å². The third kappa shape index (κ3) is 4.65. The Morgan fingerprint density at radius 2 is 1.15 bits per heavy atom. The fraction of sp³-hybridized carbons (Fsp3) is 0.350. The van der Waals surface area contributed by atoms with E-state index in [2.05, 4.69) is 0 Å². The van der Waals surface area contributed by atoms with Crippen molar-refractivity contribution in [1.29, 1.82) is 0 Å². The molecule has 0 spiro atoms. The number of hydrogen-bond donors (Lipinski definition) is 0. The summed E-state index contributed by atoms with van der Waals surface area (Å²) in [6.45, 7) is 5.36. The highest BCUT2D eigenvalue weighted by Crippen LogP contribution is 2.35. The van der Waals surface area contributed by atoms with Crippen molar-refractivity contribution in [3.63, 3.8) is 0 Å². The highest BCUT2D eigenvalue weighted by molar-refractivity contribution is 8.09. The predicted molar refractivity (Wildman–Crippen MR) is 105 cm³/mol. The zero-order valence-electron chi connectivity index (χ0n) is 15.6. The summed E-state index contributed by atoms with van der Waals surface area (Å²) in [6.07, 6.45) is 0.343. The van der Waals surface area contributed by atoms with E-state index in [1.54, 1.807) is 57.2 Å². The Kier molecular flexibility index (Phi) is 6.27. The summed E-state index contributed by atoms with van der Waals surface area (Å²) in [6, 6.07) is 15.0. The molecule has 0 unspecified atom stereocenters. The van der Waals surface area contributed by atoms with Crippen LogP contribution in [-0.4, -0.2) is 27.7 Å². The lowest BCUT2D eigenvalue weighted by Gasteiger charge is -2.29. The van der Waals surface area contributed by atoms with Crippen LogP contribution in [0.15, 0.2) is 70.5 Å². The fourth-order valence-electron chi connectivity index (χ4n) is 2.76. The van der Waals surface area contributed by atoms with Crippen LogP contribution in [0.3, 0.4) is 0 Å². The molecule has 1 atom stereocenters. The van der Waals surface area contributed by atoms with E-state index >= 15 is 0 Å². The quantitative estimate of drug-likeness (QED) is 0.655. The molecule has 0 aliphatic carbocycles. The van der Waals surface area contributed by atoms with Crippen LogP contribution < -0.4 is 0 Å². The standard InChI is InChI=1S/C20H24O5S2/c1-20(2,3)16(15-21)14-19(26(22,23)17-10-6-4-7-11-17)27(24,25)18-12-8-5-9-13-18/h4-13,15-16,19H,14H2,1-3H3/t16-/m1/s1. The topological polar surface area (TPSA) is 85.3 Å². The molecule has 0 saturated carbocycles. The normalized spacial score (nSPS) is 14.1. The molecule has 0 aliphatic rings. The van der Waals surface area contributed by atoms with Gasteiger partial charge in [0.15, 0.2) is 24.3 Å². The molecule has 5 nitrogen and oxygen atoms in total. The van der Waals surface area contributed by atoms with Gasteiger partial charge in [0.05, 0.1) is 9.79 Å². The molecular weight excluding hydrogens is 384 g/mol.